The summed E-state index contributed by atoms with van der Waals surface area (Å²) < 4.78 is 16.1. The number of rotatable bonds is 10. The molecule has 1 atom stereocenters. The zero-order valence-corrected chi connectivity index (χ0v) is 17.0. The van der Waals surface area contributed by atoms with Crippen molar-refractivity contribution < 1.29 is 23.8 Å². The molecule has 0 fully saturated rings. The van der Waals surface area contributed by atoms with E-state index in [1.165, 1.54) is 0 Å². The van der Waals surface area contributed by atoms with Crippen LogP contribution in [-0.2, 0) is 16.1 Å². The normalized spacial score (nSPS) is 12.9. The highest BCUT2D eigenvalue weighted by atomic mass is 32.2. The largest absolute Gasteiger partial charge is 0.484 e. The topological polar surface area (TPSA) is 85.9 Å². The summed E-state index contributed by atoms with van der Waals surface area (Å²) in [7, 11) is 0. The monoisotopic (exact) mass is 416 g/mol. The maximum absolute atomic E-state index is 12.6. The van der Waals surface area contributed by atoms with Crippen LogP contribution in [0.25, 0.3) is 0 Å². The number of hydrogen-bond acceptors (Lipinski definition) is 6. The number of para-hydroxylation sites is 1. The molecule has 0 unspecified atom stereocenters. The SMILES string of the molecule is CSCC[C@H](NC(=O)COc1ccccc1)C(=O)NCc1ccc2c(c1)OCO2. The molecule has 1 aliphatic rings. The van der Waals surface area contributed by atoms with Crippen LogP contribution in [0.2, 0.25) is 0 Å². The minimum atomic E-state index is -0.622. The van der Waals surface area contributed by atoms with E-state index in [2.05, 4.69) is 10.6 Å². The number of ether oxygens (including phenoxy) is 3. The Labute approximate surface area is 174 Å². The van der Waals surface area contributed by atoms with Crippen molar-refractivity contribution in [3.05, 3.63) is 54.1 Å². The Balaban J connectivity index is 1.51. The molecule has 3 rings (SSSR count). The van der Waals surface area contributed by atoms with E-state index in [0.717, 1.165) is 11.3 Å². The lowest BCUT2D eigenvalue weighted by molar-refractivity contribution is -0.130. The van der Waals surface area contributed by atoms with Gasteiger partial charge in [-0.1, -0.05) is 24.3 Å². The second-order valence-corrected chi connectivity index (χ2v) is 7.39. The zero-order chi connectivity index (χ0) is 20.5. The number of nitrogens with one attached hydrogen (secondary N) is 2. The van der Waals surface area contributed by atoms with Gasteiger partial charge in [-0.2, -0.15) is 11.8 Å². The fourth-order valence-corrected chi connectivity index (χ4v) is 3.24. The Morgan fingerprint density at radius 2 is 1.93 bits per heavy atom. The second-order valence-electron chi connectivity index (χ2n) is 6.41. The van der Waals surface area contributed by atoms with Gasteiger partial charge in [-0.05, 0) is 48.3 Å². The molecule has 2 aromatic rings. The third-order valence-electron chi connectivity index (χ3n) is 4.28. The van der Waals surface area contributed by atoms with Gasteiger partial charge >= 0.3 is 0 Å². The third-order valence-corrected chi connectivity index (χ3v) is 4.92. The first-order valence-electron chi connectivity index (χ1n) is 9.28. The average molecular weight is 416 g/mol. The summed E-state index contributed by atoms with van der Waals surface area (Å²) >= 11 is 1.62. The fourth-order valence-electron chi connectivity index (χ4n) is 2.77. The molecule has 2 amide bonds. The molecule has 0 saturated heterocycles. The minimum Gasteiger partial charge on any atom is -0.484 e. The fraction of sp³-hybridized carbons (Fsp3) is 0.333. The van der Waals surface area contributed by atoms with Crippen molar-refractivity contribution >= 4 is 23.6 Å². The molecule has 1 heterocycles. The predicted molar refractivity (Wildman–Crippen MR) is 111 cm³/mol. The lowest BCUT2D eigenvalue weighted by Gasteiger charge is -2.18. The highest BCUT2D eigenvalue weighted by Gasteiger charge is 2.21. The summed E-state index contributed by atoms with van der Waals surface area (Å²) in [5.74, 6) is 2.16. The van der Waals surface area contributed by atoms with E-state index in [1.807, 2.05) is 42.7 Å². The van der Waals surface area contributed by atoms with E-state index in [-0.39, 0.29) is 25.2 Å². The Morgan fingerprint density at radius 3 is 2.72 bits per heavy atom. The number of benzene rings is 2. The quantitative estimate of drug-likeness (QED) is 0.618. The molecule has 0 aromatic heterocycles. The van der Waals surface area contributed by atoms with E-state index >= 15 is 0 Å². The number of carbonyl (C=O) groups is 2. The first-order valence-corrected chi connectivity index (χ1v) is 10.7. The third kappa shape index (κ3) is 6.32. The van der Waals surface area contributed by atoms with Crippen LogP contribution in [0.3, 0.4) is 0 Å². The molecule has 0 radical (unpaired) electrons. The molecule has 2 aromatic carbocycles. The minimum absolute atomic E-state index is 0.144. The van der Waals surface area contributed by atoms with Crippen LogP contribution in [0.5, 0.6) is 17.2 Å². The van der Waals surface area contributed by atoms with Gasteiger partial charge in [-0.25, -0.2) is 0 Å². The van der Waals surface area contributed by atoms with Gasteiger partial charge in [0.2, 0.25) is 12.7 Å². The zero-order valence-electron chi connectivity index (χ0n) is 16.2. The smallest absolute Gasteiger partial charge is 0.258 e. The predicted octanol–water partition coefficient (Wildman–Crippen LogP) is 2.35. The second kappa shape index (κ2) is 10.6. The van der Waals surface area contributed by atoms with Crippen LogP contribution >= 0.6 is 11.8 Å². The maximum atomic E-state index is 12.6. The molecule has 29 heavy (non-hydrogen) atoms. The van der Waals surface area contributed by atoms with E-state index in [1.54, 1.807) is 23.9 Å². The lowest BCUT2D eigenvalue weighted by Crippen LogP contribution is -2.48. The van der Waals surface area contributed by atoms with E-state index < -0.39 is 6.04 Å². The summed E-state index contributed by atoms with van der Waals surface area (Å²) in [5, 5.41) is 5.64. The van der Waals surface area contributed by atoms with Crippen molar-refractivity contribution in [2.24, 2.45) is 0 Å². The van der Waals surface area contributed by atoms with Crippen LogP contribution in [0.1, 0.15) is 12.0 Å². The maximum Gasteiger partial charge on any atom is 0.258 e. The molecule has 0 spiro atoms. The summed E-state index contributed by atoms with van der Waals surface area (Å²) in [4.78, 5) is 24.9. The summed E-state index contributed by atoms with van der Waals surface area (Å²) in [6.07, 6.45) is 2.49. The van der Waals surface area contributed by atoms with Crippen molar-refractivity contribution in [2.45, 2.75) is 19.0 Å². The first-order chi connectivity index (χ1) is 14.2. The summed E-state index contributed by atoms with van der Waals surface area (Å²) in [6, 6.07) is 14.0. The number of carbonyl (C=O) groups excluding carboxylic acids is 2. The van der Waals surface area contributed by atoms with Crippen LogP contribution in [0.15, 0.2) is 48.5 Å². The van der Waals surface area contributed by atoms with Gasteiger partial charge in [0, 0.05) is 6.54 Å². The molecule has 0 aliphatic carbocycles. The summed E-state index contributed by atoms with van der Waals surface area (Å²) in [5.41, 5.74) is 0.893. The van der Waals surface area contributed by atoms with Crippen molar-refractivity contribution in [1.29, 1.82) is 0 Å². The number of amides is 2. The van der Waals surface area contributed by atoms with Crippen molar-refractivity contribution in [3.63, 3.8) is 0 Å². The van der Waals surface area contributed by atoms with Gasteiger partial charge in [-0.15, -0.1) is 0 Å². The number of hydrogen-bond donors (Lipinski definition) is 2. The Bertz CT molecular complexity index is 831. The van der Waals surface area contributed by atoms with Crippen LogP contribution in [0.4, 0.5) is 0 Å². The standard InChI is InChI=1S/C21H24N2O5S/c1-29-10-9-17(23-20(24)13-26-16-5-3-2-4-6-16)21(25)22-12-15-7-8-18-19(11-15)28-14-27-18/h2-8,11,17H,9-10,12-14H2,1H3,(H,22,25)(H,23,24)/t17-/m0/s1. The van der Waals surface area contributed by atoms with Gasteiger partial charge in [0.25, 0.3) is 5.91 Å². The highest BCUT2D eigenvalue weighted by molar-refractivity contribution is 7.98. The van der Waals surface area contributed by atoms with Crippen LogP contribution in [-0.4, -0.2) is 43.3 Å². The van der Waals surface area contributed by atoms with E-state index in [4.69, 9.17) is 14.2 Å². The lowest BCUT2D eigenvalue weighted by atomic mass is 10.1. The van der Waals surface area contributed by atoms with Crippen molar-refractivity contribution in [3.8, 4) is 17.2 Å². The Morgan fingerprint density at radius 1 is 1.14 bits per heavy atom. The molecule has 2 N–H and O–H groups in total. The van der Waals surface area contributed by atoms with Crippen LogP contribution in [0, 0.1) is 0 Å². The Kier molecular flexibility index (Phi) is 7.63. The molecule has 1 aliphatic heterocycles. The molecular weight excluding hydrogens is 392 g/mol. The summed E-state index contributed by atoms with van der Waals surface area (Å²) in [6.45, 7) is 0.399. The molecule has 7 nitrogen and oxygen atoms in total. The van der Waals surface area contributed by atoms with Gasteiger partial charge in [0.1, 0.15) is 11.8 Å². The van der Waals surface area contributed by atoms with Crippen LogP contribution < -0.4 is 24.8 Å². The van der Waals surface area contributed by atoms with E-state index in [9.17, 15) is 9.59 Å². The first kappa shape index (κ1) is 20.9. The van der Waals surface area contributed by atoms with E-state index in [0.29, 0.717) is 30.2 Å². The van der Waals surface area contributed by atoms with Gasteiger partial charge in [0.05, 0.1) is 0 Å². The van der Waals surface area contributed by atoms with Crippen molar-refractivity contribution in [2.75, 3.05) is 25.4 Å². The molecule has 154 valence electrons. The highest BCUT2D eigenvalue weighted by Crippen LogP contribution is 2.32. The molecule has 0 saturated carbocycles. The average Bonchev–Trinajstić information content (AvgIpc) is 3.22. The van der Waals surface area contributed by atoms with Gasteiger partial charge in [0.15, 0.2) is 18.1 Å². The number of fused-ring (bicyclic) bond motifs is 1. The molecule has 0 bridgehead atoms. The van der Waals surface area contributed by atoms with Gasteiger partial charge in [-0.3, -0.25) is 9.59 Å². The van der Waals surface area contributed by atoms with Crippen molar-refractivity contribution in [1.82, 2.24) is 10.6 Å². The Hall–Kier alpha value is -2.87. The molecule has 8 heteroatoms. The van der Waals surface area contributed by atoms with Gasteiger partial charge < -0.3 is 24.8 Å². The molecular formula is C21H24N2O5S. The number of thioether (sulfide) groups is 1.